The van der Waals surface area contributed by atoms with Crippen molar-refractivity contribution in [1.82, 2.24) is 20.3 Å². The van der Waals surface area contributed by atoms with Gasteiger partial charge in [-0.05, 0) is 51.4 Å². The van der Waals surface area contributed by atoms with Crippen molar-refractivity contribution in [1.29, 1.82) is 0 Å². The number of carbonyl (C=O) groups is 3. The Labute approximate surface area is 171 Å². The highest BCUT2D eigenvalue weighted by molar-refractivity contribution is 5.96. The molecule has 1 saturated carbocycles. The zero-order chi connectivity index (χ0) is 20.5. The van der Waals surface area contributed by atoms with Crippen molar-refractivity contribution in [3.8, 4) is 0 Å². The summed E-state index contributed by atoms with van der Waals surface area (Å²) in [4.78, 5) is 41.1. The van der Waals surface area contributed by atoms with E-state index in [1.54, 1.807) is 13.8 Å². The number of hydrogen-bond donors (Lipinski definition) is 1. The summed E-state index contributed by atoms with van der Waals surface area (Å²) in [5.41, 5.74) is 1.20. The van der Waals surface area contributed by atoms with E-state index in [2.05, 4.69) is 10.5 Å². The van der Waals surface area contributed by atoms with Crippen LogP contribution in [0.5, 0.6) is 0 Å². The van der Waals surface area contributed by atoms with E-state index in [4.69, 9.17) is 4.52 Å². The van der Waals surface area contributed by atoms with E-state index in [0.29, 0.717) is 61.5 Å². The van der Waals surface area contributed by atoms with E-state index in [-0.39, 0.29) is 23.6 Å². The summed E-state index contributed by atoms with van der Waals surface area (Å²) in [7, 11) is 0. The van der Waals surface area contributed by atoms with Crippen LogP contribution in [0.15, 0.2) is 4.52 Å². The smallest absolute Gasteiger partial charge is 0.259 e. The second-order valence-electron chi connectivity index (χ2n) is 8.82. The van der Waals surface area contributed by atoms with Gasteiger partial charge in [0.1, 0.15) is 11.3 Å². The molecule has 3 amide bonds. The molecule has 2 saturated heterocycles. The number of rotatable bonds is 6. The number of amides is 3. The molecule has 0 aromatic carbocycles. The number of nitrogens with one attached hydrogen (secondary N) is 1. The fourth-order valence-electron chi connectivity index (χ4n) is 4.41. The maximum Gasteiger partial charge on any atom is 0.259 e. The average molecular weight is 402 g/mol. The molecule has 8 heteroatoms. The number of likely N-dealkylation sites (tertiary alicyclic amines) is 2. The molecule has 29 heavy (non-hydrogen) atoms. The first-order valence-electron chi connectivity index (χ1n) is 10.7. The summed E-state index contributed by atoms with van der Waals surface area (Å²) in [5, 5.41) is 6.87. The lowest BCUT2D eigenvalue weighted by atomic mass is 9.95. The second-order valence-corrected chi connectivity index (χ2v) is 8.82. The van der Waals surface area contributed by atoms with Gasteiger partial charge in [-0.1, -0.05) is 5.16 Å². The maximum atomic E-state index is 12.8. The van der Waals surface area contributed by atoms with Crippen LogP contribution in [-0.4, -0.2) is 65.4 Å². The molecule has 0 radical (unpaired) electrons. The summed E-state index contributed by atoms with van der Waals surface area (Å²) in [5.74, 6) is 1.42. The molecule has 8 nitrogen and oxygen atoms in total. The van der Waals surface area contributed by atoms with Crippen molar-refractivity contribution in [3.05, 3.63) is 17.0 Å². The SMILES string of the molecule is Cc1noc(C)c1C(=O)N1CCC(CN2CC(C(=O)NCC3CC3)CC2=O)CC1. The highest BCUT2D eigenvalue weighted by Crippen LogP contribution is 2.28. The van der Waals surface area contributed by atoms with Crippen LogP contribution in [0.1, 0.15) is 53.9 Å². The molecule has 1 unspecified atom stereocenters. The normalized spacial score (nSPS) is 23.0. The number of carbonyl (C=O) groups excluding carboxylic acids is 3. The van der Waals surface area contributed by atoms with Crippen molar-refractivity contribution < 1.29 is 18.9 Å². The molecule has 1 atom stereocenters. The lowest BCUT2D eigenvalue weighted by molar-refractivity contribution is -0.129. The third kappa shape index (κ3) is 4.46. The topological polar surface area (TPSA) is 95.8 Å². The van der Waals surface area contributed by atoms with E-state index in [1.165, 1.54) is 12.8 Å². The molecule has 0 bridgehead atoms. The summed E-state index contributed by atoms with van der Waals surface area (Å²) < 4.78 is 5.12. The van der Waals surface area contributed by atoms with Crippen LogP contribution < -0.4 is 5.32 Å². The van der Waals surface area contributed by atoms with Crippen LogP contribution in [0.2, 0.25) is 0 Å². The first kappa shape index (κ1) is 19.9. The van der Waals surface area contributed by atoms with Gasteiger partial charge in [-0.25, -0.2) is 0 Å². The van der Waals surface area contributed by atoms with E-state index in [0.717, 1.165) is 19.4 Å². The van der Waals surface area contributed by atoms with Crippen LogP contribution in [0.3, 0.4) is 0 Å². The summed E-state index contributed by atoms with van der Waals surface area (Å²) in [6.45, 7) is 6.83. The van der Waals surface area contributed by atoms with Crippen LogP contribution >= 0.6 is 0 Å². The minimum absolute atomic E-state index is 0.0210. The molecular weight excluding hydrogens is 372 g/mol. The van der Waals surface area contributed by atoms with Crippen molar-refractivity contribution >= 4 is 17.7 Å². The monoisotopic (exact) mass is 402 g/mol. The molecule has 158 valence electrons. The summed E-state index contributed by atoms with van der Waals surface area (Å²) >= 11 is 0. The predicted molar refractivity (Wildman–Crippen MR) is 105 cm³/mol. The van der Waals surface area contributed by atoms with Gasteiger partial charge >= 0.3 is 0 Å². The molecule has 3 fully saturated rings. The molecular formula is C21H30N4O4. The van der Waals surface area contributed by atoms with Gasteiger partial charge in [0.15, 0.2) is 0 Å². The number of aryl methyl sites for hydroxylation is 2. The number of hydrogen-bond acceptors (Lipinski definition) is 5. The lowest BCUT2D eigenvalue weighted by Gasteiger charge is -2.34. The van der Waals surface area contributed by atoms with Gasteiger partial charge in [0, 0.05) is 39.1 Å². The fourth-order valence-corrected chi connectivity index (χ4v) is 4.41. The minimum atomic E-state index is -0.220. The highest BCUT2D eigenvalue weighted by Gasteiger charge is 2.37. The third-order valence-electron chi connectivity index (χ3n) is 6.47. The number of aromatic nitrogens is 1. The Hall–Kier alpha value is -2.38. The molecule has 3 heterocycles. The molecule has 4 rings (SSSR count). The number of piperidine rings is 1. The summed E-state index contributed by atoms with van der Waals surface area (Å²) in [6, 6.07) is 0. The van der Waals surface area contributed by atoms with Gasteiger partial charge in [-0.3, -0.25) is 14.4 Å². The molecule has 1 N–H and O–H groups in total. The maximum absolute atomic E-state index is 12.8. The standard InChI is InChI=1S/C21H30N4O4/c1-13-19(14(2)29-23-13)21(28)24-7-5-16(6-8-24)11-25-12-17(9-18(25)26)20(27)22-10-15-3-4-15/h15-17H,3-12H2,1-2H3,(H,22,27). The largest absolute Gasteiger partial charge is 0.361 e. The Morgan fingerprint density at radius 3 is 2.48 bits per heavy atom. The Morgan fingerprint density at radius 1 is 1.14 bits per heavy atom. The van der Waals surface area contributed by atoms with E-state index < -0.39 is 0 Å². The van der Waals surface area contributed by atoms with E-state index >= 15 is 0 Å². The highest BCUT2D eigenvalue weighted by atomic mass is 16.5. The van der Waals surface area contributed by atoms with Gasteiger partial charge < -0.3 is 19.6 Å². The van der Waals surface area contributed by atoms with Crippen LogP contribution in [0, 0.1) is 31.6 Å². The van der Waals surface area contributed by atoms with Crippen molar-refractivity contribution in [3.63, 3.8) is 0 Å². The molecule has 1 aromatic heterocycles. The third-order valence-corrected chi connectivity index (χ3v) is 6.47. The van der Waals surface area contributed by atoms with Gasteiger partial charge in [-0.2, -0.15) is 0 Å². The Morgan fingerprint density at radius 2 is 1.86 bits per heavy atom. The molecule has 2 aliphatic heterocycles. The fraction of sp³-hybridized carbons (Fsp3) is 0.714. The second kappa shape index (κ2) is 8.16. The summed E-state index contributed by atoms with van der Waals surface area (Å²) in [6.07, 6.45) is 4.44. The van der Waals surface area contributed by atoms with Crippen LogP contribution in [0.25, 0.3) is 0 Å². The van der Waals surface area contributed by atoms with E-state index in [9.17, 15) is 14.4 Å². The van der Waals surface area contributed by atoms with Crippen molar-refractivity contribution in [2.45, 2.75) is 46.0 Å². The molecule has 1 aromatic rings. The molecule has 3 aliphatic rings. The van der Waals surface area contributed by atoms with Gasteiger partial charge in [0.05, 0.1) is 11.6 Å². The van der Waals surface area contributed by atoms with Crippen molar-refractivity contribution in [2.24, 2.45) is 17.8 Å². The first-order valence-corrected chi connectivity index (χ1v) is 10.7. The van der Waals surface area contributed by atoms with Gasteiger partial charge in [0.25, 0.3) is 5.91 Å². The zero-order valence-corrected chi connectivity index (χ0v) is 17.3. The van der Waals surface area contributed by atoms with Crippen molar-refractivity contribution in [2.75, 3.05) is 32.7 Å². The van der Waals surface area contributed by atoms with Gasteiger partial charge in [0.2, 0.25) is 11.8 Å². The Balaban J connectivity index is 1.24. The number of nitrogens with zero attached hydrogens (tertiary/aromatic N) is 3. The average Bonchev–Trinajstić information content (AvgIpc) is 3.39. The predicted octanol–water partition coefficient (Wildman–Crippen LogP) is 1.52. The minimum Gasteiger partial charge on any atom is -0.361 e. The van der Waals surface area contributed by atoms with Crippen LogP contribution in [0.4, 0.5) is 0 Å². The Kier molecular flexibility index (Phi) is 5.61. The zero-order valence-electron chi connectivity index (χ0n) is 17.3. The molecule has 0 spiro atoms. The first-order chi connectivity index (χ1) is 13.9. The lowest BCUT2D eigenvalue weighted by Crippen LogP contribution is -2.42. The van der Waals surface area contributed by atoms with Gasteiger partial charge in [-0.15, -0.1) is 0 Å². The van der Waals surface area contributed by atoms with Crippen LogP contribution in [-0.2, 0) is 9.59 Å². The Bertz CT molecular complexity index is 773. The quantitative estimate of drug-likeness (QED) is 0.778. The molecule has 1 aliphatic carbocycles. The van der Waals surface area contributed by atoms with E-state index in [1.807, 2.05) is 9.80 Å².